The monoisotopic (exact) mass is 309 g/mol. The summed E-state index contributed by atoms with van der Waals surface area (Å²) in [5.74, 6) is 0. The van der Waals surface area contributed by atoms with Gasteiger partial charge in [-0.15, -0.1) is 0 Å². The lowest BCUT2D eigenvalue weighted by Crippen LogP contribution is -2.18. The molecule has 2 aromatic rings. The lowest BCUT2D eigenvalue weighted by molar-refractivity contribution is 0.384. The van der Waals surface area contributed by atoms with Crippen molar-refractivity contribution in [3.05, 3.63) is 82.2 Å². The van der Waals surface area contributed by atoms with Crippen LogP contribution in [0.15, 0.2) is 64.6 Å². The van der Waals surface area contributed by atoms with Crippen molar-refractivity contribution in [1.82, 2.24) is 10.2 Å². The Balaban J connectivity index is 2.06. The smallest absolute Gasteiger partial charge is 0.214 e. The summed E-state index contributed by atoms with van der Waals surface area (Å²) in [7, 11) is 0. The number of nitrogens with one attached hydrogen (secondary N) is 1. The van der Waals surface area contributed by atoms with Crippen LogP contribution in [0.2, 0.25) is 0 Å². The average Bonchev–Trinajstić information content (AvgIpc) is 2.62. The molecular weight excluding hydrogens is 291 g/mol. The number of aromatic amines is 1. The fraction of sp³-hybridized carbons (Fsp3) is 0.211. The number of rotatable bonds is 4. The molecule has 1 aliphatic rings. The zero-order chi connectivity index (χ0) is 16.2. The van der Waals surface area contributed by atoms with Crippen LogP contribution in [0.25, 0.3) is 11.1 Å². The van der Waals surface area contributed by atoms with E-state index >= 15 is 4.39 Å². The van der Waals surface area contributed by atoms with Gasteiger partial charge in [0, 0.05) is 11.8 Å². The molecule has 23 heavy (non-hydrogen) atoms. The second kappa shape index (κ2) is 6.73. The van der Waals surface area contributed by atoms with Crippen LogP contribution in [0.3, 0.4) is 0 Å². The van der Waals surface area contributed by atoms with Gasteiger partial charge in [-0.2, -0.15) is 5.10 Å². The van der Waals surface area contributed by atoms with E-state index in [-0.39, 0.29) is 11.1 Å². The maximum atomic E-state index is 15.0. The first-order valence-corrected chi connectivity index (χ1v) is 7.72. The molecule has 117 valence electrons. The van der Waals surface area contributed by atoms with E-state index in [0.717, 1.165) is 24.0 Å². The Morgan fingerprint density at radius 2 is 2.09 bits per heavy atom. The molecule has 0 spiro atoms. The number of alkyl halides is 1. The van der Waals surface area contributed by atoms with Crippen molar-refractivity contribution in [1.29, 1.82) is 0 Å². The van der Waals surface area contributed by atoms with Crippen LogP contribution in [0.5, 0.6) is 0 Å². The largest absolute Gasteiger partial charge is 0.287 e. The lowest BCUT2D eigenvalue weighted by atomic mass is 9.91. The highest BCUT2D eigenvalue weighted by Crippen LogP contribution is 2.32. The number of allylic oxidation sites excluding steroid dienone is 4. The molecule has 0 bridgehead atoms. The average molecular weight is 309 g/mol. The van der Waals surface area contributed by atoms with Crippen molar-refractivity contribution in [3.63, 3.8) is 0 Å². The van der Waals surface area contributed by atoms with Gasteiger partial charge >= 0.3 is 0 Å². The van der Waals surface area contributed by atoms with Crippen molar-refractivity contribution in [2.45, 2.75) is 25.9 Å². The topological polar surface area (TPSA) is 45.8 Å². The normalized spacial score (nSPS) is 15.7. The van der Waals surface area contributed by atoms with Gasteiger partial charge in [-0.05, 0) is 30.4 Å². The van der Waals surface area contributed by atoms with Crippen LogP contribution in [0.4, 0.5) is 4.39 Å². The number of hydrogen-bond acceptors (Lipinski definition) is 2. The maximum absolute atomic E-state index is 15.0. The van der Waals surface area contributed by atoms with Crippen LogP contribution < -0.4 is 5.43 Å². The summed E-state index contributed by atoms with van der Waals surface area (Å²) in [5, 5.41) is 6.59. The molecule has 0 saturated heterocycles. The van der Waals surface area contributed by atoms with E-state index in [0.29, 0.717) is 11.1 Å². The summed E-state index contributed by atoms with van der Waals surface area (Å²) in [6.45, 7) is 1.98. The van der Waals surface area contributed by atoms with E-state index in [1.807, 2.05) is 49.8 Å². The van der Waals surface area contributed by atoms with Gasteiger partial charge in [0.15, 0.2) is 6.17 Å². The first-order chi connectivity index (χ1) is 11.2. The van der Waals surface area contributed by atoms with E-state index in [2.05, 4.69) is 10.2 Å². The van der Waals surface area contributed by atoms with Gasteiger partial charge < -0.3 is 0 Å². The number of H-pyrrole nitrogens is 1. The summed E-state index contributed by atoms with van der Waals surface area (Å²) in [6.07, 6.45) is 7.19. The fourth-order valence-electron chi connectivity index (χ4n) is 2.80. The number of halogens is 1. The predicted octanol–water partition coefficient (Wildman–Crippen LogP) is 4.32. The molecular formula is C19H18FN2O. The van der Waals surface area contributed by atoms with Crippen LogP contribution >= 0.6 is 0 Å². The summed E-state index contributed by atoms with van der Waals surface area (Å²) >= 11 is 0. The van der Waals surface area contributed by atoms with E-state index in [4.69, 9.17) is 0 Å². The molecule has 1 heterocycles. The quantitative estimate of drug-likeness (QED) is 0.914. The third-order valence-corrected chi connectivity index (χ3v) is 4.02. The van der Waals surface area contributed by atoms with Crippen molar-refractivity contribution >= 4 is 0 Å². The molecule has 0 amide bonds. The summed E-state index contributed by atoms with van der Waals surface area (Å²) in [4.78, 5) is 12.7. The molecule has 0 fully saturated rings. The molecule has 1 aromatic heterocycles. The van der Waals surface area contributed by atoms with Gasteiger partial charge in [0.1, 0.15) is 5.69 Å². The third-order valence-electron chi connectivity index (χ3n) is 4.02. The number of aromatic nitrogens is 2. The first-order valence-electron chi connectivity index (χ1n) is 7.72. The van der Waals surface area contributed by atoms with Crippen LogP contribution in [-0.2, 0) is 0 Å². The highest BCUT2D eigenvalue weighted by Gasteiger charge is 2.24. The molecule has 3 nitrogen and oxygen atoms in total. The van der Waals surface area contributed by atoms with Crippen molar-refractivity contribution < 1.29 is 4.39 Å². The Morgan fingerprint density at radius 1 is 1.30 bits per heavy atom. The first kappa shape index (κ1) is 15.4. The van der Waals surface area contributed by atoms with Crippen LogP contribution in [0.1, 0.15) is 31.6 Å². The molecule has 1 N–H and O–H groups in total. The summed E-state index contributed by atoms with van der Waals surface area (Å²) < 4.78 is 15.0. The van der Waals surface area contributed by atoms with Gasteiger partial charge in [0.25, 0.3) is 0 Å². The van der Waals surface area contributed by atoms with Gasteiger partial charge in [0.2, 0.25) is 5.43 Å². The molecule has 4 heteroatoms. The molecule has 1 aliphatic carbocycles. The zero-order valence-corrected chi connectivity index (χ0v) is 12.9. The molecule has 1 aromatic carbocycles. The van der Waals surface area contributed by atoms with Gasteiger partial charge in [-0.3, -0.25) is 9.89 Å². The van der Waals surface area contributed by atoms with Crippen LogP contribution in [-0.4, -0.2) is 10.2 Å². The lowest BCUT2D eigenvalue weighted by Gasteiger charge is -2.17. The van der Waals surface area contributed by atoms with E-state index in [9.17, 15) is 4.79 Å². The number of benzene rings is 1. The summed E-state index contributed by atoms with van der Waals surface area (Å²) in [5.41, 5.74) is 2.19. The number of nitrogens with zero attached hydrogens (tertiary/aromatic N) is 1. The number of hydrogen-bond donors (Lipinski definition) is 1. The Labute approximate surface area is 134 Å². The minimum Gasteiger partial charge on any atom is -0.287 e. The Morgan fingerprint density at radius 3 is 2.83 bits per heavy atom. The second-order valence-corrected chi connectivity index (χ2v) is 5.42. The minimum absolute atomic E-state index is 0.0905. The third kappa shape index (κ3) is 3.02. The fourth-order valence-corrected chi connectivity index (χ4v) is 2.80. The van der Waals surface area contributed by atoms with E-state index < -0.39 is 6.17 Å². The molecule has 1 atom stereocenters. The highest BCUT2D eigenvalue weighted by atomic mass is 19.1. The van der Waals surface area contributed by atoms with Crippen molar-refractivity contribution in [2.75, 3.05) is 0 Å². The maximum Gasteiger partial charge on any atom is 0.214 e. The van der Waals surface area contributed by atoms with Crippen molar-refractivity contribution in [2.24, 2.45) is 0 Å². The Hall–Kier alpha value is -2.49. The van der Waals surface area contributed by atoms with Gasteiger partial charge in [-0.1, -0.05) is 55.0 Å². The Kier molecular flexibility index (Phi) is 4.51. The van der Waals surface area contributed by atoms with E-state index in [1.54, 1.807) is 6.08 Å². The van der Waals surface area contributed by atoms with Gasteiger partial charge in [-0.25, -0.2) is 4.39 Å². The molecule has 0 aliphatic heterocycles. The predicted molar refractivity (Wildman–Crippen MR) is 89.5 cm³/mol. The molecule has 0 saturated carbocycles. The van der Waals surface area contributed by atoms with Crippen molar-refractivity contribution in [3.8, 4) is 11.1 Å². The summed E-state index contributed by atoms with van der Waals surface area (Å²) in [6, 6.07) is 9.22. The second-order valence-electron chi connectivity index (χ2n) is 5.42. The molecule has 3 rings (SSSR count). The van der Waals surface area contributed by atoms with E-state index in [1.165, 1.54) is 6.20 Å². The highest BCUT2D eigenvalue weighted by molar-refractivity contribution is 5.62. The zero-order valence-electron chi connectivity index (χ0n) is 12.9. The SMILES string of the molecule is CCC1=C(C(F)c2n[nH]cc(-c3ccccc3)c2=O)C=CC[CH]1. The Bertz CT molecular complexity index is 806. The standard InChI is InChI=1S/C19H18FN2O/c1-2-13-8-6-7-11-15(13)17(20)18-19(23)16(12-21-22-18)14-9-4-3-5-10-14/h3-5,7-12,17H,2,6H2,1H3,(H,21,23). The van der Waals surface area contributed by atoms with Gasteiger partial charge in [0.05, 0.1) is 0 Å². The molecule has 1 radical (unpaired) electrons. The molecule has 1 unspecified atom stereocenters. The van der Waals surface area contributed by atoms with Crippen LogP contribution in [0, 0.1) is 6.42 Å². The minimum atomic E-state index is -1.52.